The van der Waals surface area contributed by atoms with Crippen molar-refractivity contribution in [1.29, 1.82) is 0 Å². The van der Waals surface area contributed by atoms with Crippen LogP contribution in [0.25, 0.3) is 0 Å². The largest absolute Gasteiger partial charge is 0.309 e. The van der Waals surface area contributed by atoms with Crippen LogP contribution in [0.3, 0.4) is 0 Å². The van der Waals surface area contributed by atoms with Gasteiger partial charge in [-0.3, -0.25) is 0 Å². The molecule has 118 valence electrons. The number of hydrogen-bond donors (Lipinski definition) is 1. The Bertz CT molecular complexity index is 489. The highest BCUT2D eigenvalue weighted by Crippen LogP contribution is 2.41. The van der Waals surface area contributed by atoms with Crippen molar-refractivity contribution in [2.75, 3.05) is 18.1 Å². The number of benzene rings is 1. The van der Waals surface area contributed by atoms with Crippen LogP contribution in [0.4, 0.5) is 4.39 Å². The Balaban J connectivity index is 2.33. The highest BCUT2D eigenvalue weighted by molar-refractivity contribution is 9.10. The first kappa shape index (κ1) is 17.9. The lowest BCUT2D eigenvalue weighted by atomic mass is 10.0. The van der Waals surface area contributed by atoms with Crippen LogP contribution >= 0.6 is 51.1 Å². The van der Waals surface area contributed by atoms with E-state index < -0.39 is 0 Å². The van der Waals surface area contributed by atoms with Gasteiger partial charge >= 0.3 is 0 Å². The Morgan fingerprint density at radius 1 is 1.43 bits per heavy atom. The van der Waals surface area contributed by atoms with E-state index in [1.165, 1.54) is 5.75 Å². The van der Waals surface area contributed by atoms with Crippen molar-refractivity contribution in [2.24, 2.45) is 0 Å². The van der Waals surface area contributed by atoms with Gasteiger partial charge in [0, 0.05) is 38.1 Å². The summed E-state index contributed by atoms with van der Waals surface area (Å²) in [5.41, 5.74) is 0.684. The van der Waals surface area contributed by atoms with Crippen LogP contribution in [-0.4, -0.2) is 28.6 Å². The van der Waals surface area contributed by atoms with E-state index in [0.29, 0.717) is 20.5 Å². The lowest BCUT2D eigenvalue weighted by Crippen LogP contribution is -2.38. The van der Waals surface area contributed by atoms with Gasteiger partial charge in [-0.1, -0.05) is 31.5 Å². The van der Waals surface area contributed by atoms with Crippen LogP contribution in [0, 0.1) is 5.82 Å². The van der Waals surface area contributed by atoms with Crippen molar-refractivity contribution in [3.8, 4) is 0 Å². The van der Waals surface area contributed by atoms with Crippen LogP contribution in [0.2, 0.25) is 5.02 Å². The first-order valence-electron chi connectivity index (χ1n) is 7.16. The Hall–Kier alpha value is 0.580. The van der Waals surface area contributed by atoms with E-state index in [1.807, 2.05) is 35.7 Å². The summed E-state index contributed by atoms with van der Waals surface area (Å²) in [4.78, 5) is 0. The summed E-state index contributed by atoms with van der Waals surface area (Å²) in [7, 11) is 0. The van der Waals surface area contributed by atoms with Gasteiger partial charge in [0.15, 0.2) is 0 Å². The van der Waals surface area contributed by atoms with Gasteiger partial charge in [0.1, 0.15) is 5.82 Å². The van der Waals surface area contributed by atoms with Gasteiger partial charge in [-0.15, -0.1) is 0 Å². The molecule has 1 aromatic carbocycles. The average molecular weight is 413 g/mol. The molecule has 0 amide bonds. The molecular formula is C15H20BrClFNS2. The number of hydrogen-bond acceptors (Lipinski definition) is 3. The lowest BCUT2D eigenvalue weighted by Gasteiger charge is -2.35. The maximum atomic E-state index is 14.6. The second kappa shape index (κ2) is 8.44. The molecule has 0 spiro atoms. The molecule has 1 fully saturated rings. The zero-order valence-electron chi connectivity index (χ0n) is 12.2. The van der Waals surface area contributed by atoms with Gasteiger partial charge < -0.3 is 5.32 Å². The Kier molecular flexibility index (Phi) is 7.20. The highest BCUT2D eigenvalue weighted by atomic mass is 79.9. The molecule has 21 heavy (non-hydrogen) atoms. The van der Waals surface area contributed by atoms with Crippen LogP contribution in [0.1, 0.15) is 31.9 Å². The van der Waals surface area contributed by atoms with Gasteiger partial charge in [0.2, 0.25) is 0 Å². The SMILES string of the molecule is CCCNC(c1ccc(Br)c(Cl)c1F)C1SCCSC1C. The predicted molar refractivity (Wildman–Crippen MR) is 98.3 cm³/mol. The monoisotopic (exact) mass is 411 g/mol. The standard InChI is InChI=1S/C15H20BrClFNS2/c1-3-6-19-14(15-9(2)20-7-8-21-15)10-4-5-11(16)12(17)13(10)18/h4-5,9,14-15,19H,3,6-8H2,1-2H3. The molecule has 0 saturated carbocycles. The zero-order valence-corrected chi connectivity index (χ0v) is 16.1. The molecule has 6 heteroatoms. The van der Waals surface area contributed by atoms with E-state index in [1.54, 1.807) is 0 Å². The summed E-state index contributed by atoms with van der Waals surface area (Å²) >= 11 is 13.3. The van der Waals surface area contributed by atoms with Crippen molar-refractivity contribution in [1.82, 2.24) is 5.32 Å². The van der Waals surface area contributed by atoms with E-state index >= 15 is 0 Å². The fraction of sp³-hybridized carbons (Fsp3) is 0.600. The molecule has 3 unspecified atom stereocenters. The van der Waals surface area contributed by atoms with E-state index in [0.717, 1.165) is 18.7 Å². The number of thioether (sulfide) groups is 2. The summed E-state index contributed by atoms with van der Waals surface area (Å²) in [5, 5.41) is 4.57. The van der Waals surface area contributed by atoms with E-state index in [9.17, 15) is 4.39 Å². The summed E-state index contributed by atoms with van der Waals surface area (Å²) < 4.78 is 15.2. The fourth-order valence-corrected chi connectivity index (χ4v) is 5.92. The number of nitrogens with one attached hydrogen (secondary N) is 1. The maximum Gasteiger partial charge on any atom is 0.147 e. The zero-order chi connectivity index (χ0) is 15.4. The molecule has 0 aliphatic carbocycles. The van der Waals surface area contributed by atoms with Crippen molar-refractivity contribution in [3.05, 3.63) is 33.0 Å². The van der Waals surface area contributed by atoms with Gasteiger partial charge in [-0.05, 0) is 35.0 Å². The third kappa shape index (κ3) is 4.31. The minimum atomic E-state index is -0.303. The lowest BCUT2D eigenvalue weighted by molar-refractivity contribution is 0.481. The quantitative estimate of drug-likeness (QED) is 0.639. The fourth-order valence-electron chi connectivity index (χ4n) is 2.50. The topological polar surface area (TPSA) is 12.0 Å². The second-order valence-corrected chi connectivity index (χ2v) is 9.11. The first-order valence-corrected chi connectivity index (χ1v) is 10.4. The molecular weight excluding hydrogens is 393 g/mol. The van der Waals surface area contributed by atoms with Crippen molar-refractivity contribution < 1.29 is 4.39 Å². The molecule has 1 heterocycles. The predicted octanol–water partition coefficient (Wildman–Crippen LogP) is 5.52. The molecule has 1 N–H and O–H groups in total. The van der Waals surface area contributed by atoms with Crippen molar-refractivity contribution in [2.45, 2.75) is 36.8 Å². The van der Waals surface area contributed by atoms with Crippen LogP contribution in [0.5, 0.6) is 0 Å². The van der Waals surface area contributed by atoms with Crippen molar-refractivity contribution in [3.63, 3.8) is 0 Å². The molecule has 1 nitrogen and oxygen atoms in total. The minimum Gasteiger partial charge on any atom is -0.309 e. The molecule has 1 aliphatic heterocycles. The Morgan fingerprint density at radius 3 is 2.81 bits per heavy atom. The summed E-state index contributed by atoms with van der Waals surface area (Å²) in [6, 6.07) is 3.70. The molecule has 2 rings (SSSR count). The van der Waals surface area contributed by atoms with Gasteiger partial charge in [0.25, 0.3) is 0 Å². The summed E-state index contributed by atoms with van der Waals surface area (Å²) in [6.07, 6.45) is 1.03. The van der Waals surface area contributed by atoms with Crippen LogP contribution < -0.4 is 5.32 Å². The molecule has 1 saturated heterocycles. The van der Waals surface area contributed by atoms with Gasteiger partial charge in [-0.25, -0.2) is 4.39 Å². The maximum absolute atomic E-state index is 14.6. The normalized spacial score (nSPS) is 24.0. The Labute approximate surface area is 148 Å². The summed E-state index contributed by atoms with van der Waals surface area (Å²) in [6.45, 7) is 5.24. The first-order chi connectivity index (χ1) is 10.1. The highest BCUT2D eigenvalue weighted by Gasteiger charge is 2.33. The van der Waals surface area contributed by atoms with E-state index in [4.69, 9.17) is 11.6 Å². The van der Waals surface area contributed by atoms with Gasteiger partial charge in [-0.2, -0.15) is 23.5 Å². The molecule has 0 radical (unpaired) electrons. The average Bonchev–Trinajstić information content (AvgIpc) is 2.48. The minimum absolute atomic E-state index is 0.00310. The smallest absolute Gasteiger partial charge is 0.147 e. The van der Waals surface area contributed by atoms with E-state index in [2.05, 4.69) is 35.1 Å². The molecule has 1 aliphatic rings. The number of halogens is 3. The van der Waals surface area contributed by atoms with Crippen molar-refractivity contribution >= 4 is 51.1 Å². The van der Waals surface area contributed by atoms with Crippen LogP contribution in [-0.2, 0) is 0 Å². The molecule has 3 atom stereocenters. The molecule has 0 aromatic heterocycles. The van der Waals surface area contributed by atoms with Crippen LogP contribution in [0.15, 0.2) is 16.6 Å². The van der Waals surface area contributed by atoms with Gasteiger partial charge in [0.05, 0.1) is 5.02 Å². The third-order valence-electron chi connectivity index (χ3n) is 3.58. The molecule has 0 bridgehead atoms. The van der Waals surface area contributed by atoms with E-state index in [-0.39, 0.29) is 16.9 Å². The summed E-state index contributed by atoms with van der Waals surface area (Å²) in [5.74, 6) is 1.99. The molecule has 1 aromatic rings. The third-order valence-corrected chi connectivity index (χ3v) is 8.03. The second-order valence-electron chi connectivity index (χ2n) is 5.11. The number of rotatable bonds is 5. The Morgan fingerprint density at radius 2 is 2.14 bits per heavy atom.